The van der Waals surface area contributed by atoms with Crippen LogP contribution in [0.2, 0.25) is 0 Å². The van der Waals surface area contributed by atoms with Crippen LogP contribution < -0.4 is 5.32 Å². The lowest BCUT2D eigenvalue weighted by molar-refractivity contribution is 0.101. The van der Waals surface area contributed by atoms with Gasteiger partial charge < -0.3 is 10.3 Å². The van der Waals surface area contributed by atoms with E-state index in [1.807, 2.05) is 30.3 Å². The number of H-pyrrole nitrogens is 2. The van der Waals surface area contributed by atoms with E-state index in [1.165, 1.54) is 36.9 Å². The van der Waals surface area contributed by atoms with Crippen molar-refractivity contribution < 1.29 is 14.0 Å². The Morgan fingerprint density at radius 1 is 0.929 bits per heavy atom. The number of aromatic amines is 2. The maximum atomic E-state index is 16.2. The van der Waals surface area contributed by atoms with Crippen LogP contribution in [0.3, 0.4) is 0 Å². The predicted molar refractivity (Wildman–Crippen MR) is 160 cm³/mol. The summed E-state index contributed by atoms with van der Waals surface area (Å²) in [6.07, 6.45) is 4.48. The van der Waals surface area contributed by atoms with E-state index in [0.29, 0.717) is 44.2 Å². The van der Waals surface area contributed by atoms with E-state index < -0.39 is 5.82 Å². The summed E-state index contributed by atoms with van der Waals surface area (Å²) in [5.41, 5.74) is 4.32. The Kier molecular flexibility index (Phi) is 6.13. The Balaban J connectivity index is 1.27. The highest BCUT2D eigenvalue weighted by atomic mass is 32.1. The molecule has 0 spiro atoms. The molecule has 0 aliphatic carbocycles. The fraction of sp³-hybridized carbons (Fsp3) is 0.0323. The number of amides is 1. The molecule has 0 unspecified atom stereocenters. The molecule has 3 N–H and O–H groups in total. The highest BCUT2D eigenvalue weighted by Gasteiger charge is 2.22. The molecule has 11 heteroatoms. The van der Waals surface area contributed by atoms with Gasteiger partial charge >= 0.3 is 0 Å². The van der Waals surface area contributed by atoms with Crippen LogP contribution in [0.5, 0.6) is 0 Å². The van der Waals surface area contributed by atoms with Gasteiger partial charge in [-0.15, -0.1) is 11.3 Å². The van der Waals surface area contributed by atoms with Crippen LogP contribution in [0.25, 0.3) is 55.2 Å². The third kappa shape index (κ3) is 4.41. The lowest BCUT2D eigenvalue weighted by Gasteiger charge is -2.08. The molecule has 5 heterocycles. The summed E-state index contributed by atoms with van der Waals surface area (Å²) in [7, 11) is 0. The van der Waals surface area contributed by atoms with E-state index in [9.17, 15) is 9.59 Å². The van der Waals surface area contributed by atoms with Crippen molar-refractivity contribution in [2.24, 2.45) is 0 Å². The number of benzene rings is 2. The van der Waals surface area contributed by atoms with E-state index >= 15 is 4.39 Å². The van der Waals surface area contributed by atoms with Gasteiger partial charge in [0.2, 0.25) is 0 Å². The zero-order valence-corrected chi connectivity index (χ0v) is 22.8. The first-order valence-electron chi connectivity index (χ1n) is 12.9. The topological polar surface area (TPSA) is 129 Å². The Hall–Kier alpha value is -5.55. The molecule has 0 bridgehead atoms. The zero-order valence-electron chi connectivity index (χ0n) is 22.0. The van der Waals surface area contributed by atoms with Crippen LogP contribution in [-0.4, -0.2) is 41.8 Å². The standard InChI is InChI=1S/C31H20FN7O2S/c1-16(40)23-10-11-24(42-23)20-8-5-9-21-28(20)37-30(36-21)29-25-22(38-39-29)15-34-27(26(25)32)18-12-19(14-33-13-18)35-31(41)17-6-3-2-4-7-17/h2-15H,1H3,(H,35,41)(H,36,37)(H,38,39). The molecule has 42 heavy (non-hydrogen) atoms. The normalized spacial score (nSPS) is 11.3. The number of thiophene rings is 1. The molecule has 1 amide bonds. The van der Waals surface area contributed by atoms with Crippen molar-refractivity contribution in [1.29, 1.82) is 0 Å². The van der Waals surface area contributed by atoms with Gasteiger partial charge in [0.25, 0.3) is 5.91 Å². The first kappa shape index (κ1) is 25.4. The number of fused-ring (bicyclic) bond motifs is 2. The number of carbonyl (C=O) groups is 2. The Bertz CT molecular complexity index is 2150. The second-order valence-corrected chi connectivity index (χ2v) is 10.7. The molecule has 0 atom stereocenters. The molecule has 5 aromatic heterocycles. The van der Waals surface area contributed by atoms with Gasteiger partial charge in [0.15, 0.2) is 17.4 Å². The minimum Gasteiger partial charge on any atom is -0.337 e. The SMILES string of the molecule is CC(=O)c1ccc(-c2cccc3[nH]c(-c4n[nH]c5cnc(-c6cncc(NC(=O)c7ccccc7)c6)c(F)c45)nc23)s1. The number of hydrogen-bond donors (Lipinski definition) is 3. The molecule has 7 rings (SSSR count). The van der Waals surface area contributed by atoms with Gasteiger partial charge in [0.05, 0.1) is 44.9 Å². The fourth-order valence-electron chi connectivity index (χ4n) is 4.79. The number of ketones is 1. The van der Waals surface area contributed by atoms with Crippen molar-refractivity contribution in [1.82, 2.24) is 30.1 Å². The number of rotatable bonds is 6. The number of anilines is 1. The number of pyridine rings is 2. The summed E-state index contributed by atoms with van der Waals surface area (Å²) in [5, 5.41) is 10.2. The largest absolute Gasteiger partial charge is 0.337 e. The molecule has 0 aliphatic heterocycles. The average Bonchev–Trinajstić information content (AvgIpc) is 3.76. The van der Waals surface area contributed by atoms with E-state index in [0.717, 1.165) is 16.0 Å². The molecule has 204 valence electrons. The molecule has 9 nitrogen and oxygen atoms in total. The van der Waals surface area contributed by atoms with Crippen molar-refractivity contribution in [2.75, 3.05) is 5.32 Å². The molecular formula is C31H20FN7O2S. The van der Waals surface area contributed by atoms with Gasteiger partial charge in [0, 0.05) is 27.8 Å². The quantitative estimate of drug-likeness (QED) is 0.186. The van der Waals surface area contributed by atoms with E-state index in [4.69, 9.17) is 4.98 Å². The molecular weight excluding hydrogens is 553 g/mol. The maximum absolute atomic E-state index is 16.2. The van der Waals surface area contributed by atoms with Crippen LogP contribution in [0.1, 0.15) is 27.0 Å². The first-order valence-corrected chi connectivity index (χ1v) is 13.7. The number of halogens is 1. The number of nitrogens with one attached hydrogen (secondary N) is 3. The smallest absolute Gasteiger partial charge is 0.255 e. The van der Waals surface area contributed by atoms with Crippen molar-refractivity contribution in [2.45, 2.75) is 6.92 Å². The van der Waals surface area contributed by atoms with Crippen molar-refractivity contribution in [3.8, 4) is 33.2 Å². The van der Waals surface area contributed by atoms with Gasteiger partial charge in [-0.3, -0.25) is 24.7 Å². The maximum Gasteiger partial charge on any atom is 0.255 e. The highest BCUT2D eigenvalue weighted by molar-refractivity contribution is 7.17. The first-order chi connectivity index (χ1) is 20.5. The molecule has 7 aromatic rings. The van der Waals surface area contributed by atoms with E-state index in [-0.39, 0.29) is 22.8 Å². The molecule has 0 radical (unpaired) electrons. The molecule has 0 saturated carbocycles. The average molecular weight is 574 g/mol. The third-order valence-corrected chi connectivity index (χ3v) is 8.02. The number of imidazole rings is 1. The molecule has 0 saturated heterocycles. The van der Waals surface area contributed by atoms with Gasteiger partial charge in [-0.2, -0.15) is 5.10 Å². The second-order valence-electron chi connectivity index (χ2n) is 9.57. The molecule has 0 aliphatic rings. The van der Waals surface area contributed by atoms with Crippen molar-refractivity contribution >= 4 is 50.7 Å². The third-order valence-electron chi connectivity index (χ3n) is 6.81. The Morgan fingerprint density at radius 3 is 2.60 bits per heavy atom. The number of nitrogens with zero attached hydrogens (tertiary/aromatic N) is 4. The minimum atomic E-state index is -0.602. The van der Waals surface area contributed by atoms with Gasteiger partial charge in [-0.25, -0.2) is 9.37 Å². The summed E-state index contributed by atoms with van der Waals surface area (Å²) < 4.78 is 16.2. The number of carbonyl (C=O) groups excluding carboxylic acids is 2. The lowest BCUT2D eigenvalue weighted by atomic mass is 10.1. The lowest BCUT2D eigenvalue weighted by Crippen LogP contribution is -2.11. The van der Waals surface area contributed by atoms with Crippen molar-refractivity contribution in [3.05, 3.63) is 102 Å². The summed E-state index contributed by atoms with van der Waals surface area (Å²) in [6.45, 7) is 1.54. The van der Waals surface area contributed by atoms with Gasteiger partial charge in [0.1, 0.15) is 11.4 Å². The summed E-state index contributed by atoms with van der Waals surface area (Å²) in [5.74, 6) is -0.525. The van der Waals surface area contributed by atoms with E-state index in [2.05, 4.69) is 30.5 Å². The van der Waals surface area contributed by atoms with Crippen LogP contribution >= 0.6 is 11.3 Å². The Labute approximate surface area is 241 Å². The monoisotopic (exact) mass is 573 g/mol. The number of aromatic nitrogens is 6. The minimum absolute atomic E-state index is 0.00309. The van der Waals surface area contributed by atoms with E-state index in [1.54, 1.807) is 36.4 Å². The summed E-state index contributed by atoms with van der Waals surface area (Å²) in [6, 6.07) is 19.8. The van der Waals surface area contributed by atoms with Crippen molar-refractivity contribution in [3.63, 3.8) is 0 Å². The van der Waals surface area contributed by atoms with Gasteiger partial charge in [-0.05, 0) is 43.3 Å². The number of hydrogen-bond acceptors (Lipinski definition) is 7. The summed E-state index contributed by atoms with van der Waals surface area (Å²) >= 11 is 1.40. The van der Waals surface area contributed by atoms with Crippen LogP contribution in [0.15, 0.2) is 85.3 Å². The molecule has 0 fully saturated rings. The highest BCUT2D eigenvalue weighted by Crippen LogP contribution is 2.36. The molecule has 2 aromatic carbocycles. The number of Topliss-reactive ketones (excluding diaryl/α,β-unsaturated/α-hetero) is 1. The Morgan fingerprint density at radius 2 is 1.79 bits per heavy atom. The fourth-order valence-corrected chi connectivity index (χ4v) is 5.72. The van der Waals surface area contributed by atoms with Crippen LogP contribution in [-0.2, 0) is 0 Å². The van der Waals surface area contributed by atoms with Crippen LogP contribution in [0.4, 0.5) is 10.1 Å². The zero-order chi connectivity index (χ0) is 28.8. The summed E-state index contributed by atoms with van der Waals surface area (Å²) in [4.78, 5) is 42.6. The predicted octanol–water partition coefficient (Wildman–Crippen LogP) is 6.89. The number of para-hydroxylation sites is 1. The van der Waals surface area contributed by atoms with Crippen LogP contribution in [0, 0.1) is 5.82 Å². The second kappa shape index (κ2) is 10.1. The van der Waals surface area contributed by atoms with Gasteiger partial charge in [-0.1, -0.05) is 30.3 Å².